The summed E-state index contributed by atoms with van der Waals surface area (Å²) in [5.74, 6) is 2.10. The maximum Gasteiger partial charge on any atom is 0.129 e. The summed E-state index contributed by atoms with van der Waals surface area (Å²) in [6.45, 7) is 2.28. The van der Waals surface area contributed by atoms with E-state index < -0.39 is 0 Å². The van der Waals surface area contributed by atoms with E-state index in [1.54, 1.807) is 18.4 Å². The number of rotatable bonds is 9. The van der Waals surface area contributed by atoms with Crippen molar-refractivity contribution in [3.05, 3.63) is 16.8 Å². The quantitative estimate of drug-likeness (QED) is 0.483. The molecule has 0 radical (unpaired) electrons. The van der Waals surface area contributed by atoms with Gasteiger partial charge in [0.05, 0.1) is 7.11 Å². The van der Waals surface area contributed by atoms with Gasteiger partial charge in [-0.05, 0) is 17.4 Å². The Morgan fingerprint density at radius 2 is 1.79 bits per heavy atom. The Kier molecular flexibility index (Phi) is 9.88. The minimum Gasteiger partial charge on any atom is -0.496 e. The predicted molar refractivity (Wildman–Crippen MR) is 86.2 cm³/mol. The molecule has 0 spiro atoms. The Morgan fingerprint density at radius 1 is 1.11 bits per heavy atom. The second-order valence-electron chi connectivity index (χ2n) is 5.52. The van der Waals surface area contributed by atoms with E-state index in [2.05, 4.69) is 6.92 Å². The van der Waals surface area contributed by atoms with Crippen molar-refractivity contribution >= 4 is 11.3 Å². The summed E-state index contributed by atoms with van der Waals surface area (Å²) in [7, 11) is 1.67. The van der Waals surface area contributed by atoms with E-state index in [0.717, 1.165) is 11.7 Å². The van der Waals surface area contributed by atoms with Crippen LogP contribution in [-0.2, 0) is 0 Å². The summed E-state index contributed by atoms with van der Waals surface area (Å²) in [6.07, 6.45) is 14.9. The van der Waals surface area contributed by atoms with Crippen LogP contribution >= 0.6 is 11.3 Å². The fourth-order valence-electron chi connectivity index (χ4n) is 2.16. The van der Waals surface area contributed by atoms with Gasteiger partial charge in [-0.25, -0.2) is 0 Å². The van der Waals surface area contributed by atoms with Crippen LogP contribution in [0.2, 0.25) is 0 Å². The fraction of sp³-hybridized carbons (Fsp3) is 0.765. The third-order valence-corrected chi connectivity index (χ3v) is 4.31. The molecule has 0 N–H and O–H groups in total. The van der Waals surface area contributed by atoms with E-state index in [1.807, 2.05) is 16.8 Å². The molecule has 0 saturated heterocycles. The summed E-state index contributed by atoms with van der Waals surface area (Å²) >= 11 is 1.64. The predicted octanol–water partition coefficient (Wildman–Crippen LogP) is 6.29. The van der Waals surface area contributed by atoms with E-state index in [9.17, 15) is 0 Å². The van der Waals surface area contributed by atoms with Gasteiger partial charge in [0, 0.05) is 5.38 Å². The molecule has 0 atom stereocenters. The van der Waals surface area contributed by atoms with Gasteiger partial charge in [-0.3, -0.25) is 0 Å². The molecule has 1 saturated carbocycles. The lowest BCUT2D eigenvalue weighted by atomic mass is 10.1. The van der Waals surface area contributed by atoms with Gasteiger partial charge in [0.15, 0.2) is 0 Å². The van der Waals surface area contributed by atoms with Gasteiger partial charge in [-0.1, -0.05) is 71.1 Å². The highest BCUT2D eigenvalue weighted by atomic mass is 32.1. The first kappa shape index (κ1) is 16.6. The summed E-state index contributed by atoms with van der Waals surface area (Å²) in [5.41, 5.74) is 0. The van der Waals surface area contributed by atoms with Crippen LogP contribution in [-0.4, -0.2) is 7.11 Å². The van der Waals surface area contributed by atoms with E-state index in [-0.39, 0.29) is 0 Å². The van der Waals surface area contributed by atoms with E-state index in [0.29, 0.717) is 0 Å². The number of hydrogen-bond donors (Lipinski definition) is 0. The molecular formula is C17H30OS. The number of thiophene rings is 1. The molecule has 2 heteroatoms. The van der Waals surface area contributed by atoms with Crippen LogP contribution < -0.4 is 4.74 Å². The molecule has 0 aromatic carbocycles. The lowest BCUT2D eigenvalue weighted by molar-refractivity contribution is 0.417. The molecule has 0 amide bonds. The van der Waals surface area contributed by atoms with Crippen molar-refractivity contribution in [2.24, 2.45) is 5.92 Å². The number of ether oxygens (including phenoxy) is 1. The number of methoxy groups -OCH3 is 1. The van der Waals surface area contributed by atoms with Gasteiger partial charge in [0.1, 0.15) is 5.75 Å². The van der Waals surface area contributed by atoms with Crippen LogP contribution in [0.1, 0.15) is 71.1 Å². The molecule has 1 nitrogen and oxygen atoms in total. The first-order chi connectivity index (χ1) is 9.36. The van der Waals surface area contributed by atoms with Crippen molar-refractivity contribution < 1.29 is 4.74 Å². The van der Waals surface area contributed by atoms with Gasteiger partial charge in [-0.2, -0.15) is 0 Å². The summed E-state index contributed by atoms with van der Waals surface area (Å²) in [5, 5.41) is 3.94. The molecule has 1 heterocycles. The van der Waals surface area contributed by atoms with Gasteiger partial charge >= 0.3 is 0 Å². The molecule has 110 valence electrons. The van der Waals surface area contributed by atoms with Crippen molar-refractivity contribution in [1.29, 1.82) is 0 Å². The highest BCUT2D eigenvalue weighted by Gasteiger charge is 2.19. The lowest BCUT2D eigenvalue weighted by Crippen LogP contribution is -1.81. The Bertz CT molecular complexity index is 277. The van der Waals surface area contributed by atoms with Crippen LogP contribution in [0.15, 0.2) is 16.8 Å². The maximum atomic E-state index is 4.86. The molecule has 1 aromatic rings. The number of unbranched alkanes of at least 4 members (excludes halogenated alkanes) is 6. The largest absolute Gasteiger partial charge is 0.496 e. The lowest BCUT2D eigenvalue weighted by Gasteiger charge is -1.99. The summed E-state index contributed by atoms with van der Waals surface area (Å²) in [4.78, 5) is 0. The standard InChI is InChI=1S/C12H24.C5H6OS/c1-2-3-4-5-6-7-8-9-12-10-11-12;1-6-5-2-3-7-4-5/h12H,2-11H2,1H3;2-4H,1H3. The zero-order valence-corrected chi connectivity index (χ0v) is 13.5. The van der Waals surface area contributed by atoms with Crippen LogP contribution in [0.5, 0.6) is 5.75 Å². The van der Waals surface area contributed by atoms with Crippen LogP contribution in [0, 0.1) is 5.92 Å². The van der Waals surface area contributed by atoms with Gasteiger partial charge < -0.3 is 4.74 Å². The minimum atomic E-state index is 0.949. The minimum absolute atomic E-state index is 0.949. The summed E-state index contributed by atoms with van der Waals surface area (Å²) < 4.78 is 4.86. The third kappa shape index (κ3) is 10.0. The zero-order chi connectivity index (χ0) is 13.8. The average molecular weight is 282 g/mol. The highest BCUT2D eigenvalue weighted by Crippen LogP contribution is 2.34. The number of hydrogen-bond acceptors (Lipinski definition) is 2. The Morgan fingerprint density at radius 3 is 2.26 bits per heavy atom. The third-order valence-electron chi connectivity index (χ3n) is 3.64. The van der Waals surface area contributed by atoms with Crippen molar-refractivity contribution in [1.82, 2.24) is 0 Å². The first-order valence-corrected chi connectivity index (χ1v) is 8.87. The van der Waals surface area contributed by atoms with E-state index in [4.69, 9.17) is 4.74 Å². The first-order valence-electron chi connectivity index (χ1n) is 7.93. The van der Waals surface area contributed by atoms with Crippen LogP contribution in [0.3, 0.4) is 0 Å². The molecule has 1 aromatic heterocycles. The topological polar surface area (TPSA) is 9.23 Å². The Labute approximate surface area is 123 Å². The van der Waals surface area contributed by atoms with Crippen molar-refractivity contribution in [2.45, 2.75) is 71.1 Å². The molecular weight excluding hydrogens is 252 g/mol. The SMILES string of the molecule is CCCCCCCCCC1CC1.COc1ccsc1. The molecule has 0 unspecified atom stereocenters. The van der Waals surface area contributed by atoms with Crippen molar-refractivity contribution in [3.63, 3.8) is 0 Å². The zero-order valence-electron chi connectivity index (χ0n) is 12.7. The molecule has 1 aliphatic carbocycles. The van der Waals surface area contributed by atoms with Gasteiger partial charge in [0.2, 0.25) is 0 Å². The second-order valence-corrected chi connectivity index (χ2v) is 6.30. The second kappa shape index (κ2) is 11.3. The Hall–Kier alpha value is -0.500. The normalized spacial score (nSPS) is 13.8. The van der Waals surface area contributed by atoms with Crippen molar-refractivity contribution in [2.75, 3.05) is 7.11 Å². The van der Waals surface area contributed by atoms with Gasteiger partial charge in [-0.15, -0.1) is 11.3 Å². The monoisotopic (exact) mass is 282 g/mol. The smallest absolute Gasteiger partial charge is 0.129 e. The Balaban J connectivity index is 0.000000218. The molecule has 19 heavy (non-hydrogen) atoms. The molecule has 1 aliphatic rings. The van der Waals surface area contributed by atoms with Crippen LogP contribution in [0.25, 0.3) is 0 Å². The van der Waals surface area contributed by atoms with Crippen LogP contribution in [0.4, 0.5) is 0 Å². The van der Waals surface area contributed by atoms with Gasteiger partial charge in [0.25, 0.3) is 0 Å². The van der Waals surface area contributed by atoms with E-state index >= 15 is 0 Å². The van der Waals surface area contributed by atoms with E-state index in [1.165, 1.54) is 64.2 Å². The average Bonchev–Trinajstić information content (AvgIpc) is 3.10. The fourth-order valence-corrected chi connectivity index (χ4v) is 2.76. The van der Waals surface area contributed by atoms with Crippen molar-refractivity contribution in [3.8, 4) is 5.75 Å². The highest BCUT2D eigenvalue weighted by molar-refractivity contribution is 7.08. The maximum absolute atomic E-state index is 4.86. The molecule has 0 bridgehead atoms. The molecule has 0 aliphatic heterocycles. The molecule has 2 rings (SSSR count). The molecule has 1 fully saturated rings. The summed E-state index contributed by atoms with van der Waals surface area (Å²) in [6, 6.07) is 1.94.